The number of benzene rings is 1. The van der Waals surface area contributed by atoms with Gasteiger partial charge in [-0.05, 0) is 18.6 Å². The van der Waals surface area contributed by atoms with Crippen LogP contribution < -0.4 is 16.2 Å². The van der Waals surface area contributed by atoms with Crippen molar-refractivity contribution < 1.29 is 9.59 Å². The fourth-order valence-electron chi connectivity index (χ4n) is 1.75. The average Bonchev–Trinajstić information content (AvgIpc) is 2.49. The quantitative estimate of drug-likeness (QED) is 0.529. The van der Waals surface area contributed by atoms with E-state index in [1.54, 1.807) is 24.3 Å². The first-order valence-corrected chi connectivity index (χ1v) is 7.13. The molecule has 0 saturated carbocycles. The first-order valence-electron chi connectivity index (χ1n) is 7.13. The third kappa shape index (κ3) is 6.78. The lowest BCUT2D eigenvalue weighted by Gasteiger charge is -2.08. The van der Waals surface area contributed by atoms with E-state index in [1.165, 1.54) is 19.3 Å². The van der Waals surface area contributed by atoms with Gasteiger partial charge in [-0.1, -0.05) is 50.8 Å². The number of rotatable bonds is 7. The van der Waals surface area contributed by atoms with Crippen LogP contribution in [0.3, 0.4) is 0 Å². The summed E-state index contributed by atoms with van der Waals surface area (Å²) in [5.74, 6) is -0.330. The molecule has 3 N–H and O–H groups in total. The van der Waals surface area contributed by atoms with Crippen LogP contribution in [0.25, 0.3) is 0 Å². The van der Waals surface area contributed by atoms with E-state index in [0.29, 0.717) is 12.1 Å². The maximum absolute atomic E-state index is 11.6. The number of hydrazine groups is 1. The van der Waals surface area contributed by atoms with Crippen molar-refractivity contribution in [2.24, 2.45) is 0 Å². The summed E-state index contributed by atoms with van der Waals surface area (Å²) in [6, 6.07) is 8.35. The van der Waals surface area contributed by atoms with Crippen LogP contribution in [0.5, 0.6) is 0 Å². The van der Waals surface area contributed by atoms with Crippen molar-refractivity contribution in [3.63, 3.8) is 0 Å². The van der Waals surface area contributed by atoms with Gasteiger partial charge in [-0.3, -0.25) is 10.2 Å². The Hall–Kier alpha value is -2.04. The van der Waals surface area contributed by atoms with Gasteiger partial charge in [-0.2, -0.15) is 0 Å². The van der Waals surface area contributed by atoms with E-state index in [9.17, 15) is 9.59 Å². The molecule has 5 nitrogen and oxygen atoms in total. The lowest BCUT2D eigenvalue weighted by molar-refractivity contribution is 0.0936. The molecule has 0 aliphatic rings. The first-order chi connectivity index (χ1) is 9.74. The molecule has 0 spiro atoms. The zero-order chi connectivity index (χ0) is 14.6. The molecule has 0 radical (unpaired) electrons. The average molecular weight is 277 g/mol. The summed E-state index contributed by atoms with van der Waals surface area (Å²) in [5, 5.41) is 2.70. The van der Waals surface area contributed by atoms with Crippen LogP contribution in [-0.2, 0) is 0 Å². The van der Waals surface area contributed by atoms with Gasteiger partial charge in [-0.15, -0.1) is 0 Å². The summed E-state index contributed by atoms with van der Waals surface area (Å²) in [6.07, 6.45) is 5.72. The Morgan fingerprint density at radius 2 is 1.65 bits per heavy atom. The highest BCUT2D eigenvalue weighted by Crippen LogP contribution is 2.01. The van der Waals surface area contributed by atoms with Gasteiger partial charge in [0.2, 0.25) is 0 Å². The smallest absolute Gasteiger partial charge is 0.333 e. The van der Waals surface area contributed by atoms with Crippen molar-refractivity contribution in [3.8, 4) is 0 Å². The van der Waals surface area contributed by atoms with E-state index in [0.717, 1.165) is 12.8 Å². The third-order valence-corrected chi connectivity index (χ3v) is 2.89. The summed E-state index contributed by atoms with van der Waals surface area (Å²) >= 11 is 0. The molecule has 0 atom stereocenters. The van der Waals surface area contributed by atoms with Gasteiger partial charge in [0.25, 0.3) is 5.91 Å². The van der Waals surface area contributed by atoms with Gasteiger partial charge in [0.05, 0.1) is 0 Å². The topological polar surface area (TPSA) is 70.2 Å². The highest BCUT2D eigenvalue weighted by Gasteiger charge is 2.05. The molecule has 1 rings (SSSR count). The minimum atomic E-state index is -0.384. The Kier molecular flexibility index (Phi) is 7.87. The van der Waals surface area contributed by atoms with Crippen molar-refractivity contribution >= 4 is 11.9 Å². The van der Waals surface area contributed by atoms with E-state index in [4.69, 9.17) is 0 Å². The van der Waals surface area contributed by atoms with E-state index >= 15 is 0 Å². The largest absolute Gasteiger partial charge is 0.337 e. The Balaban J connectivity index is 2.09. The number of amides is 3. The molecule has 110 valence electrons. The van der Waals surface area contributed by atoms with Crippen molar-refractivity contribution in [1.29, 1.82) is 0 Å². The summed E-state index contributed by atoms with van der Waals surface area (Å²) in [7, 11) is 0. The van der Waals surface area contributed by atoms with Crippen molar-refractivity contribution in [2.45, 2.75) is 39.0 Å². The number of hydrogen-bond acceptors (Lipinski definition) is 2. The SMILES string of the molecule is CCCCCCCNC(=O)NNC(=O)c1ccccc1. The van der Waals surface area contributed by atoms with Gasteiger partial charge in [-0.25, -0.2) is 10.2 Å². The van der Waals surface area contributed by atoms with E-state index < -0.39 is 0 Å². The van der Waals surface area contributed by atoms with Gasteiger partial charge < -0.3 is 5.32 Å². The molecule has 0 fully saturated rings. The highest BCUT2D eigenvalue weighted by atomic mass is 16.2. The van der Waals surface area contributed by atoms with Crippen LogP contribution >= 0.6 is 0 Å². The molecule has 3 amide bonds. The minimum absolute atomic E-state index is 0.330. The van der Waals surface area contributed by atoms with Crippen LogP contribution in [0.15, 0.2) is 30.3 Å². The van der Waals surface area contributed by atoms with Crippen molar-refractivity contribution in [2.75, 3.05) is 6.54 Å². The number of carbonyl (C=O) groups excluding carboxylic acids is 2. The third-order valence-electron chi connectivity index (χ3n) is 2.89. The van der Waals surface area contributed by atoms with Gasteiger partial charge in [0.1, 0.15) is 0 Å². The van der Waals surface area contributed by atoms with Crippen LogP contribution in [-0.4, -0.2) is 18.5 Å². The Morgan fingerprint density at radius 3 is 2.35 bits per heavy atom. The zero-order valence-corrected chi connectivity index (χ0v) is 11.9. The van der Waals surface area contributed by atoms with Crippen molar-refractivity contribution in [3.05, 3.63) is 35.9 Å². The molecule has 1 aromatic rings. The van der Waals surface area contributed by atoms with Crippen LogP contribution in [0.1, 0.15) is 49.4 Å². The first kappa shape index (κ1) is 16.0. The standard InChI is InChI=1S/C15H23N3O2/c1-2-3-4-5-9-12-16-15(20)18-17-14(19)13-10-7-6-8-11-13/h6-8,10-11H,2-5,9,12H2,1H3,(H,17,19)(H2,16,18,20). The molecule has 0 bridgehead atoms. The Morgan fingerprint density at radius 1 is 0.950 bits per heavy atom. The van der Waals surface area contributed by atoms with Crippen LogP contribution in [0, 0.1) is 0 Å². The Bertz CT molecular complexity index is 407. The number of nitrogens with one attached hydrogen (secondary N) is 3. The number of urea groups is 1. The molecule has 0 aliphatic heterocycles. The fraction of sp³-hybridized carbons (Fsp3) is 0.467. The maximum atomic E-state index is 11.6. The monoisotopic (exact) mass is 277 g/mol. The number of unbranched alkanes of at least 4 members (excludes halogenated alkanes) is 4. The molecular weight excluding hydrogens is 254 g/mol. The second-order valence-corrected chi connectivity index (χ2v) is 4.62. The maximum Gasteiger partial charge on any atom is 0.333 e. The molecular formula is C15H23N3O2. The minimum Gasteiger partial charge on any atom is -0.337 e. The van der Waals surface area contributed by atoms with Crippen LogP contribution in [0.4, 0.5) is 4.79 Å². The van der Waals surface area contributed by atoms with E-state index in [2.05, 4.69) is 23.1 Å². The summed E-state index contributed by atoms with van der Waals surface area (Å²) in [6.45, 7) is 2.79. The second kappa shape index (κ2) is 9.83. The summed E-state index contributed by atoms with van der Waals surface area (Å²) < 4.78 is 0. The number of hydrogen-bond donors (Lipinski definition) is 3. The summed E-state index contributed by atoms with van der Waals surface area (Å²) in [4.78, 5) is 23.1. The molecule has 0 saturated heterocycles. The normalized spacial score (nSPS) is 9.85. The molecule has 0 unspecified atom stereocenters. The molecule has 1 aromatic carbocycles. The second-order valence-electron chi connectivity index (χ2n) is 4.62. The fourth-order valence-corrected chi connectivity index (χ4v) is 1.75. The van der Waals surface area contributed by atoms with Gasteiger partial charge in [0, 0.05) is 12.1 Å². The predicted octanol–water partition coefficient (Wildman–Crippen LogP) is 2.60. The van der Waals surface area contributed by atoms with E-state index in [-0.39, 0.29) is 11.9 Å². The molecule has 0 aliphatic carbocycles. The Labute approximate surface area is 120 Å². The molecule has 0 aromatic heterocycles. The van der Waals surface area contributed by atoms with Gasteiger partial charge in [0.15, 0.2) is 0 Å². The van der Waals surface area contributed by atoms with Crippen LogP contribution in [0.2, 0.25) is 0 Å². The van der Waals surface area contributed by atoms with Gasteiger partial charge >= 0.3 is 6.03 Å². The predicted molar refractivity (Wildman–Crippen MR) is 79.2 cm³/mol. The lowest BCUT2D eigenvalue weighted by atomic mass is 10.1. The van der Waals surface area contributed by atoms with Crippen molar-refractivity contribution in [1.82, 2.24) is 16.2 Å². The van der Waals surface area contributed by atoms with E-state index in [1.807, 2.05) is 6.07 Å². The lowest BCUT2D eigenvalue weighted by Crippen LogP contribution is -2.47. The zero-order valence-electron chi connectivity index (χ0n) is 11.9. The number of carbonyl (C=O) groups is 2. The molecule has 5 heteroatoms. The summed E-state index contributed by atoms with van der Waals surface area (Å²) in [5.41, 5.74) is 5.20. The highest BCUT2D eigenvalue weighted by molar-refractivity contribution is 5.95. The molecule has 20 heavy (non-hydrogen) atoms. The molecule has 0 heterocycles.